The van der Waals surface area contributed by atoms with Crippen LogP contribution in [-0.4, -0.2) is 30.6 Å². The van der Waals surface area contributed by atoms with Crippen LogP contribution in [0.4, 0.5) is 0 Å². The summed E-state index contributed by atoms with van der Waals surface area (Å²) >= 11 is 0. The Balaban J connectivity index is 2.54. The van der Waals surface area contributed by atoms with E-state index in [1.54, 1.807) is 12.1 Å². The van der Waals surface area contributed by atoms with Crippen molar-refractivity contribution >= 4 is 15.8 Å². The summed E-state index contributed by atoms with van der Waals surface area (Å²) in [6.07, 6.45) is -0.157. The van der Waals surface area contributed by atoms with Crippen LogP contribution in [0.1, 0.15) is 11.1 Å². The minimum absolute atomic E-state index is 0.0684. The van der Waals surface area contributed by atoms with Gasteiger partial charge in [0, 0.05) is 0 Å². The zero-order chi connectivity index (χ0) is 17.2. The highest BCUT2D eigenvalue weighted by Gasteiger charge is 2.24. The molecule has 122 valence electrons. The number of carboxylic acid groups (broad SMARTS) is 1. The molecule has 0 saturated heterocycles. The van der Waals surface area contributed by atoms with Crippen LogP contribution >= 0.6 is 0 Å². The molecule has 0 radical (unpaired) electrons. The normalized spacial score (nSPS) is 12.8. The molecule has 0 aliphatic heterocycles. The summed E-state index contributed by atoms with van der Waals surface area (Å²) in [5.41, 5.74) is 6.66. The number of carbonyl (C=O) groups is 1. The van der Waals surface area contributed by atoms with Gasteiger partial charge in [0.15, 0.2) is 0 Å². The van der Waals surface area contributed by atoms with Crippen molar-refractivity contribution in [2.45, 2.75) is 29.2 Å². The molecule has 23 heavy (non-hydrogen) atoms. The number of benzene rings is 2. The average Bonchev–Trinajstić information content (AvgIpc) is 2.49. The van der Waals surface area contributed by atoms with E-state index >= 15 is 0 Å². The first-order valence-corrected chi connectivity index (χ1v) is 8.32. The van der Waals surface area contributed by atoms with Crippen LogP contribution in [0.3, 0.4) is 0 Å². The molecule has 4 N–H and O–H groups in total. The molecule has 7 heteroatoms. The van der Waals surface area contributed by atoms with Crippen molar-refractivity contribution in [1.82, 2.24) is 0 Å². The number of carboxylic acids is 1. The van der Waals surface area contributed by atoms with Gasteiger partial charge in [0.05, 0.1) is 9.79 Å². The van der Waals surface area contributed by atoms with Crippen molar-refractivity contribution < 1.29 is 23.4 Å². The van der Waals surface area contributed by atoms with Crippen LogP contribution in [0.5, 0.6) is 5.75 Å². The lowest BCUT2D eigenvalue weighted by Crippen LogP contribution is -2.32. The maximum absolute atomic E-state index is 12.8. The molecule has 2 aromatic carbocycles. The Bertz CT molecular complexity index is 828. The van der Waals surface area contributed by atoms with Crippen molar-refractivity contribution in [2.24, 2.45) is 5.73 Å². The first-order chi connectivity index (χ1) is 10.7. The van der Waals surface area contributed by atoms with Crippen LogP contribution in [0.25, 0.3) is 0 Å². The molecule has 0 aliphatic carbocycles. The highest BCUT2D eigenvalue weighted by Crippen LogP contribution is 2.28. The molecular weight excluding hydrogens is 318 g/mol. The predicted octanol–water partition coefficient (Wildman–Crippen LogP) is 1.49. The van der Waals surface area contributed by atoms with Gasteiger partial charge < -0.3 is 15.9 Å². The highest BCUT2D eigenvalue weighted by atomic mass is 32.2. The van der Waals surface area contributed by atoms with Crippen LogP contribution in [0.2, 0.25) is 0 Å². The molecule has 2 aromatic rings. The number of aryl methyl sites for hydroxylation is 1. The fourth-order valence-electron chi connectivity index (χ4n) is 2.13. The van der Waals surface area contributed by atoms with Crippen LogP contribution < -0.4 is 5.73 Å². The quantitative estimate of drug-likeness (QED) is 0.762. The van der Waals surface area contributed by atoms with E-state index < -0.39 is 21.8 Å². The van der Waals surface area contributed by atoms with Crippen LogP contribution in [0.15, 0.2) is 52.3 Å². The van der Waals surface area contributed by atoms with Crippen molar-refractivity contribution in [2.75, 3.05) is 0 Å². The van der Waals surface area contributed by atoms with Crippen molar-refractivity contribution in [3.8, 4) is 5.75 Å². The fraction of sp³-hybridized carbons (Fsp3) is 0.188. The van der Waals surface area contributed by atoms with E-state index in [0.29, 0.717) is 0 Å². The molecule has 0 bridgehead atoms. The number of phenols is 1. The van der Waals surface area contributed by atoms with Gasteiger partial charge in [-0.3, -0.25) is 4.79 Å². The van der Waals surface area contributed by atoms with Crippen molar-refractivity contribution in [3.05, 3.63) is 53.6 Å². The topological polar surface area (TPSA) is 118 Å². The van der Waals surface area contributed by atoms with Gasteiger partial charge in [-0.1, -0.05) is 23.8 Å². The number of hydrogen-bond donors (Lipinski definition) is 3. The number of aliphatic carboxylic acids is 1. The summed E-state index contributed by atoms with van der Waals surface area (Å²) in [6.45, 7) is 1.84. The standard InChI is InChI=1S/C16H17NO5S/c1-10-2-6-13(7-3-10)23(21,22)15-9-12(18)5-4-11(15)8-14(17)16(19)20/h2-7,9,14,18H,8,17H2,1H3,(H,19,20). The molecule has 0 saturated carbocycles. The molecule has 0 fully saturated rings. The van der Waals surface area contributed by atoms with Crippen LogP contribution in [-0.2, 0) is 21.1 Å². The van der Waals surface area contributed by atoms with Crippen molar-refractivity contribution in [1.29, 1.82) is 0 Å². The van der Waals surface area contributed by atoms with E-state index in [2.05, 4.69) is 0 Å². The second-order valence-electron chi connectivity index (χ2n) is 5.26. The lowest BCUT2D eigenvalue weighted by molar-refractivity contribution is -0.138. The molecular formula is C16H17NO5S. The van der Waals surface area contributed by atoms with Gasteiger partial charge in [-0.15, -0.1) is 0 Å². The van der Waals surface area contributed by atoms with Gasteiger partial charge in [-0.25, -0.2) is 8.42 Å². The molecule has 0 aliphatic rings. The van der Waals surface area contributed by atoms with Gasteiger partial charge >= 0.3 is 5.97 Å². The zero-order valence-corrected chi connectivity index (χ0v) is 13.2. The summed E-state index contributed by atoms with van der Waals surface area (Å²) in [4.78, 5) is 10.8. The van der Waals surface area contributed by atoms with Crippen molar-refractivity contribution in [3.63, 3.8) is 0 Å². The van der Waals surface area contributed by atoms with Crippen LogP contribution in [0, 0.1) is 6.92 Å². The molecule has 0 aromatic heterocycles. The van der Waals surface area contributed by atoms with Gasteiger partial charge in [-0.2, -0.15) is 0 Å². The summed E-state index contributed by atoms with van der Waals surface area (Å²) < 4.78 is 25.5. The summed E-state index contributed by atoms with van der Waals surface area (Å²) in [5, 5.41) is 18.5. The van der Waals surface area contributed by atoms with E-state index in [9.17, 15) is 18.3 Å². The Morgan fingerprint density at radius 3 is 2.35 bits per heavy atom. The van der Waals surface area contributed by atoms with Gasteiger partial charge in [0.2, 0.25) is 9.84 Å². The third-order valence-electron chi connectivity index (χ3n) is 3.43. The lowest BCUT2D eigenvalue weighted by Gasteiger charge is -2.13. The second kappa shape index (κ2) is 6.39. The fourth-order valence-corrected chi connectivity index (χ4v) is 3.65. The Labute approximate surface area is 134 Å². The first-order valence-electron chi connectivity index (χ1n) is 6.84. The van der Waals surface area contributed by atoms with E-state index in [-0.39, 0.29) is 27.5 Å². The van der Waals surface area contributed by atoms with Gasteiger partial charge in [0.1, 0.15) is 11.8 Å². The minimum atomic E-state index is -3.89. The average molecular weight is 335 g/mol. The molecule has 6 nitrogen and oxygen atoms in total. The number of sulfone groups is 1. The van der Waals surface area contributed by atoms with E-state index in [1.165, 1.54) is 24.3 Å². The molecule has 1 atom stereocenters. The Morgan fingerprint density at radius 2 is 1.78 bits per heavy atom. The Morgan fingerprint density at radius 1 is 1.17 bits per heavy atom. The minimum Gasteiger partial charge on any atom is -0.508 e. The maximum atomic E-state index is 12.8. The second-order valence-corrected chi connectivity index (χ2v) is 7.18. The molecule has 2 rings (SSSR count). The molecule has 0 heterocycles. The van der Waals surface area contributed by atoms with Gasteiger partial charge in [-0.05, 0) is 43.2 Å². The number of hydrogen-bond acceptors (Lipinski definition) is 5. The van der Waals surface area contributed by atoms with E-state index in [4.69, 9.17) is 10.8 Å². The zero-order valence-electron chi connectivity index (χ0n) is 12.4. The first kappa shape index (κ1) is 17.0. The Hall–Kier alpha value is -2.38. The third kappa shape index (κ3) is 3.69. The van der Waals surface area contributed by atoms with E-state index in [0.717, 1.165) is 11.6 Å². The van der Waals surface area contributed by atoms with E-state index in [1.807, 2.05) is 6.92 Å². The van der Waals surface area contributed by atoms with Gasteiger partial charge in [0.25, 0.3) is 0 Å². The number of rotatable bonds is 5. The monoisotopic (exact) mass is 335 g/mol. The maximum Gasteiger partial charge on any atom is 0.320 e. The smallest absolute Gasteiger partial charge is 0.320 e. The lowest BCUT2D eigenvalue weighted by atomic mass is 10.1. The Kier molecular flexibility index (Phi) is 4.72. The number of phenolic OH excluding ortho intramolecular Hbond substituents is 1. The third-order valence-corrected chi connectivity index (χ3v) is 5.28. The molecule has 0 amide bonds. The molecule has 1 unspecified atom stereocenters. The SMILES string of the molecule is Cc1ccc(S(=O)(=O)c2cc(O)ccc2CC(N)C(=O)O)cc1. The summed E-state index contributed by atoms with van der Waals surface area (Å²) in [7, 11) is -3.89. The number of aromatic hydroxyl groups is 1. The molecule has 0 spiro atoms. The largest absolute Gasteiger partial charge is 0.508 e. The summed E-state index contributed by atoms with van der Waals surface area (Å²) in [6, 6.07) is 8.82. The summed E-state index contributed by atoms with van der Waals surface area (Å²) in [5.74, 6) is -1.44. The predicted molar refractivity (Wildman–Crippen MR) is 84.1 cm³/mol. The number of nitrogens with two attached hydrogens (primary N) is 1. The highest BCUT2D eigenvalue weighted by molar-refractivity contribution is 7.91.